The molecule has 2 nitrogen and oxygen atoms in total. The molecule has 0 spiro atoms. The molecule has 1 amide bonds. The summed E-state index contributed by atoms with van der Waals surface area (Å²) >= 11 is 0. The van der Waals surface area contributed by atoms with Crippen LogP contribution in [0.1, 0.15) is 11.1 Å². The van der Waals surface area contributed by atoms with Crippen LogP contribution < -0.4 is 5.32 Å². The third kappa shape index (κ3) is 3.11. The molecule has 3 aromatic carbocycles. The first-order valence-corrected chi connectivity index (χ1v) is 7.05. The summed E-state index contributed by atoms with van der Waals surface area (Å²) in [7, 11) is 0. The number of hydrogen-bond donors (Lipinski definition) is 1. The molecular formula is C19H17NO. The monoisotopic (exact) mass is 275 g/mol. The van der Waals surface area contributed by atoms with Crippen molar-refractivity contribution in [1.82, 2.24) is 0 Å². The third-order valence-corrected chi connectivity index (χ3v) is 3.57. The standard InChI is InChI=1S/C19H17NO/c1-14-9-11-17(12-10-14)20-19(21)13-16-7-4-6-15-5-2-3-8-18(15)16/h2-12H,13H2,1H3,(H,20,21). The molecule has 0 aromatic heterocycles. The molecule has 1 N–H and O–H groups in total. The van der Waals surface area contributed by atoms with Gasteiger partial charge in [0.25, 0.3) is 0 Å². The molecule has 0 aliphatic heterocycles. The molecule has 0 unspecified atom stereocenters. The zero-order chi connectivity index (χ0) is 14.7. The van der Waals surface area contributed by atoms with Gasteiger partial charge < -0.3 is 5.32 Å². The zero-order valence-corrected chi connectivity index (χ0v) is 12.0. The van der Waals surface area contributed by atoms with Crippen molar-refractivity contribution in [3.63, 3.8) is 0 Å². The molecule has 3 aromatic rings. The summed E-state index contributed by atoms with van der Waals surface area (Å²) in [5, 5.41) is 5.25. The van der Waals surface area contributed by atoms with Gasteiger partial charge in [-0.25, -0.2) is 0 Å². The van der Waals surface area contributed by atoms with Crippen LogP contribution in [0.25, 0.3) is 10.8 Å². The van der Waals surface area contributed by atoms with Crippen LogP contribution in [0.2, 0.25) is 0 Å². The molecular weight excluding hydrogens is 258 g/mol. The van der Waals surface area contributed by atoms with E-state index in [1.165, 1.54) is 5.56 Å². The first-order valence-electron chi connectivity index (χ1n) is 7.05. The van der Waals surface area contributed by atoms with Crippen LogP contribution in [0.15, 0.2) is 66.7 Å². The van der Waals surface area contributed by atoms with Gasteiger partial charge in [-0.05, 0) is 35.4 Å². The molecule has 2 heteroatoms. The van der Waals surface area contributed by atoms with Gasteiger partial charge in [0.1, 0.15) is 0 Å². The van der Waals surface area contributed by atoms with Gasteiger partial charge in [-0.15, -0.1) is 0 Å². The second-order valence-corrected chi connectivity index (χ2v) is 5.23. The van der Waals surface area contributed by atoms with E-state index in [1.807, 2.05) is 55.5 Å². The lowest BCUT2D eigenvalue weighted by molar-refractivity contribution is -0.115. The number of rotatable bonds is 3. The van der Waals surface area contributed by atoms with E-state index in [-0.39, 0.29) is 5.91 Å². The largest absolute Gasteiger partial charge is 0.326 e. The number of aryl methyl sites for hydroxylation is 1. The molecule has 104 valence electrons. The fourth-order valence-electron chi connectivity index (χ4n) is 2.46. The highest BCUT2D eigenvalue weighted by molar-refractivity contribution is 5.96. The average Bonchev–Trinajstić information content (AvgIpc) is 2.50. The molecule has 0 heterocycles. The Morgan fingerprint density at radius 2 is 1.62 bits per heavy atom. The van der Waals surface area contributed by atoms with Crippen molar-refractivity contribution in [1.29, 1.82) is 0 Å². The lowest BCUT2D eigenvalue weighted by Gasteiger charge is -2.08. The van der Waals surface area contributed by atoms with Gasteiger partial charge in [-0.1, -0.05) is 60.2 Å². The predicted molar refractivity (Wildman–Crippen MR) is 87.5 cm³/mol. The Bertz CT molecular complexity index is 770. The van der Waals surface area contributed by atoms with Crippen LogP contribution in [0.5, 0.6) is 0 Å². The Kier molecular flexibility index (Phi) is 3.69. The lowest BCUT2D eigenvalue weighted by atomic mass is 10.0. The quantitative estimate of drug-likeness (QED) is 0.757. The van der Waals surface area contributed by atoms with Crippen LogP contribution in [0.4, 0.5) is 5.69 Å². The van der Waals surface area contributed by atoms with Crippen LogP contribution >= 0.6 is 0 Å². The molecule has 21 heavy (non-hydrogen) atoms. The Labute approximate surface area is 124 Å². The van der Waals surface area contributed by atoms with E-state index >= 15 is 0 Å². The Morgan fingerprint density at radius 3 is 2.43 bits per heavy atom. The van der Waals surface area contributed by atoms with Crippen molar-refractivity contribution in [2.24, 2.45) is 0 Å². The van der Waals surface area contributed by atoms with E-state index in [2.05, 4.69) is 23.5 Å². The minimum absolute atomic E-state index is 0.00945. The lowest BCUT2D eigenvalue weighted by Crippen LogP contribution is -2.14. The summed E-state index contributed by atoms with van der Waals surface area (Å²) in [6, 6.07) is 22.1. The molecule has 0 atom stereocenters. The number of carbonyl (C=O) groups excluding carboxylic acids is 1. The van der Waals surface area contributed by atoms with E-state index in [1.54, 1.807) is 0 Å². The zero-order valence-electron chi connectivity index (χ0n) is 12.0. The average molecular weight is 275 g/mol. The summed E-state index contributed by atoms with van der Waals surface area (Å²) in [4.78, 5) is 12.2. The minimum atomic E-state index is 0.00945. The molecule has 0 aliphatic rings. The topological polar surface area (TPSA) is 29.1 Å². The maximum absolute atomic E-state index is 12.2. The fourth-order valence-corrected chi connectivity index (χ4v) is 2.46. The fraction of sp³-hybridized carbons (Fsp3) is 0.105. The highest BCUT2D eigenvalue weighted by Crippen LogP contribution is 2.19. The third-order valence-electron chi connectivity index (χ3n) is 3.57. The Morgan fingerprint density at radius 1 is 0.905 bits per heavy atom. The van der Waals surface area contributed by atoms with Gasteiger partial charge in [0.2, 0.25) is 5.91 Å². The van der Waals surface area contributed by atoms with Crippen LogP contribution in [-0.2, 0) is 11.2 Å². The molecule has 0 saturated carbocycles. The van der Waals surface area contributed by atoms with Crippen molar-refractivity contribution >= 4 is 22.4 Å². The van der Waals surface area contributed by atoms with Crippen LogP contribution in [-0.4, -0.2) is 5.91 Å². The maximum Gasteiger partial charge on any atom is 0.228 e. The highest BCUT2D eigenvalue weighted by atomic mass is 16.1. The molecule has 0 saturated heterocycles. The number of amides is 1. The van der Waals surface area contributed by atoms with Gasteiger partial charge in [-0.3, -0.25) is 4.79 Å². The normalized spacial score (nSPS) is 10.5. The molecule has 0 radical (unpaired) electrons. The number of carbonyl (C=O) groups is 1. The second-order valence-electron chi connectivity index (χ2n) is 5.23. The van der Waals surface area contributed by atoms with E-state index in [9.17, 15) is 4.79 Å². The molecule has 0 fully saturated rings. The number of hydrogen-bond acceptors (Lipinski definition) is 1. The second kappa shape index (κ2) is 5.80. The number of benzene rings is 3. The smallest absolute Gasteiger partial charge is 0.228 e. The number of fused-ring (bicyclic) bond motifs is 1. The molecule has 3 rings (SSSR count). The predicted octanol–water partition coefficient (Wildman–Crippen LogP) is 4.33. The van der Waals surface area contributed by atoms with Crippen molar-refractivity contribution in [3.8, 4) is 0 Å². The van der Waals surface area contributed by atoms with Crippen molar-refractivity contribution in [3.05, 3.63) is 77.9 Å². The van der Waals surface area contributed by atoms with Crippen molar-refractivity contribution in [2.45, 2.75) is 13.3 Å². The van der Waals surface area contributed by atoms with E-state index in [4.69, 9.17) is 0 Å². The van der Waals surface area contributed by atoms with E-state index in [0.29, 0.717) is 6.42 Å². The first-order chi connectivity index (χ1) is 10.2. The van der Waals surface area contributed by atoms with Gasteiger partial charge in [0, 0.05) is 5.69 Å². The minimum Gasteiger partial charge on any atom is -0.326 e. The molecule has 0 bridgehead atoms. The summed E-state index contributed by atoms with van der Waals surface area (Å²) in [6.07, 6.45) is 0.384. The summed E-state index contributed by atoms with van der Waals surface area (Å²) in [5.41, 5.74) is 3.07. The SMILES string of the molecule is Cc1ccc(NC(=O)Cc2cccc3ccccc23)cc1. The Balaban J connectivity index is 1.79. The van der Waals surface area contributed by atoms with E-state index in [0.717, 1.165) is 22.0 Å². The summed E-state index contributed by atoms with van der Waals surface area (Å²) in [5.74, 6) is 0.00945. The maximum atomic E-state index is 12.2. The molecule has 0 aliphatic carbocycles. The van der Waals surface area contributed by atoms with Crippen LogP contribution in [0, 0.1) is 6.92 Å². The Hall–Kier alpha value is -2.61. The highest BCUT2D eigenvalue weighted by Gasteiger charge is 2.07. The van der Waals surface area contributed by atoms with Gasteiger partial charge in [-0.2, -0.15) is 0 Å². The first kappa shape index (κ1) is 13.4. The van der Waals surface area contributed by atoms with Gasteiger partial charge >= 0.3 is 0 Å². The number of nitrogens with one attached hydrogen (secondary N) is 1. The van der Waals surface area contributed by atoms with Crippen molar-refractivity contribution in [2.75, 3.05) is 5.32 Å². The van der Waals surface area contributed by atoms with Crippen LogP contribution in [0.3, 0.4) is 0 Å². The summed E-state index contributed by atoms with van der Waals surface area (Å²) < 4.78 is 0. The number of anilines is 1. The van der Waals surface area contributed by atoms with Gasteiger partial charge in [0.15, 0.2) is 0 Å². The summed E-state index contributed by atoms with van der Waals surface area (Å²) in [6.45, 7) is 2.03. The van der Waals surface area contributed by atoms with Crippen molar-refractivity contribution < 1.29 is 4.79 Å². The van der Waals surface area contributed by atoms with Gasteiger partial charge in [0.05, 0.1) is 6.42 Å². The van der Waals surface area contributed by atoms with E-state index < -0.39 is 0 Å².